The Kier molecular flexibility index (Phi) is 6.77. The highest BCUT2D eigenvalue weighted by Crippen LogP contribution is 2.28. The minimum atomic E-state index is -3.60. The molecule has 1 atom stereocenters. The zero-order chi connectivity index (χ0) is 21.0. The van der Waals surface area contributed by atoms with Gasteiger partial charge in [-0.1, -0.05) is 36.4 Å². The normalized spacial score (nSPS) is 19.0. The Morgan fingerprint density at radius 1 is 1.00 bits per heavy atom. The van der Waals surface area contributed by atoms with Crippen molar-refractivity contribution < 1.29 is 17.9 Å². The summed E-state index contributed by atoms with van der Waals surface area (Å²) in [5, 5.41) is 0. The minimum absolute atomic E-state index is 0.117. The Balaban J connectivity index is 1.60. The molecule has 0 spiro atoms. The first kappa shape index (κ1) is 21.4. The molecule has 2 heterocycles. The summed E-state index contributed by atoms with van der Waals surface area (Å²) >= 11 is 1.74. The summed E-state index contributed by atoms with van der Waals surface area (Å²) in [7, 11) is -3.60. The molecule has 0 radical (unpaired) electrons. The maximum atomic E-state index is 13.6. The fourth-order valence-corrected chi connectivity index (χ4v) is 6.44. The van der Waals surface area contributed by atoms with Crippen LogP contribution < -0.4 is 0 Å². The first-order valence-electron chi connectivity index (χ1n) is 10.1. The van der Waals surface area contributed by atoms with Gasteiger partial charge in [-0.25, -0.2) is 8.42 Å². The lowest BCUT2D eigenvalue weighted by molar-refractivity contribution is -0.138. The molecule has 2 aromatic rings. The van der Waals surface area contributed by atoms with Crippen molar-refractivity contribution in [2.24, 2.45) is 0 Å². The second-order valence-corrected chi connectivity index (χ2v) is 10.6. The van der Waals surface area contributed by atoms with Crippen molar-refractivity contribution in [3.05, 3.63) is 60.2 Å². The van der Waals surface area contributed by atoms with E-state index in [1.54, 1.807) is 42.1 Å². The van der Waals surface area contributed by atoms with Crippen molar-refractivity contribution in [2.75, 3.05) is 44.4 Å². The number of thioether (sulfide) groups is 1. The molecule has 1 unspecified atom stereocenters. The number of hydrogen-bond acceptors (Lipinski definition) is 6. The number of fused-ring (bicyclic) bond motifs is 1. The van der Waals surface area contributed by atoms with Gasteiger partial charge in [0.15, 0.2) is 9.84 Å². The van der Waals surface area contributed by atoms with Crippen LogP contribution in [0.2, 0.25) is 0 Å². The molecule has 6 nitrogen and oxygen atoms in total. The lowest BCUT2D eigenvalue weighted by Crippen LogP contribution is -2.55. The van der Waals surface area contributed by atoms with Gasteiger partial charge in [-0.05, 0) is 23.8 Å². The highest BCUT2D eigenvalue weighted by Gasteiger charge is 2.36. The van der Waals surface area contributed by atoms with E-state index in [2.05, 4.69) is 6.07 Å². The monoisotopic (exact) mass is 446 g/mol. The van der Waals surface area contributed by atoms with Gasteiger partial charge < -0.3 is 9.64 Å². The third-order valence-electron chi connectivity index (χ3n) is 5.52. The van der Waals surface area contributed by atoms with Gasteiger partial charge in [-0.3, -0.25) is 9.69 Å². The molecule has 0 aliphatic carbocycles. The standard InChI is InChI=1S/C22H26N2O4S2/c25-22(24-12-15-29-21-9-5-4-6-18(21)16-24)20(23-10-13-28-14-11-23)17-30(26,27)19-7-2-1-3-8-19/h1-9,20H,10-17H2. The Morgan fingerprint density at radius 3 is 2.47 bits per heavy atom. The topological polar surface area (TPSA) is 66.9 Å². The molecule has 30 heavy (non-hydrogen) atoms. The summed E-state index contributed by atoms with van der Waals surface area (Å²) < 4.78 is 31.6. The van der Waals surface area contributed by atoms with E-state index in [0.29, 0.717) is 39.4 Å². The summed E-state index contributed by atoms with van der Waals surface area (Å²) in [5.74, 6) is 0.458. The van der Waals surface area contributed by atoms with Crippen LogP contribution in [0, 0.1) is 0 Å². The van der Waals surface area contributed by atoms with Gasteiger partial charge in [0.05, 0.1) is 23.9 Å². The van der Waals surface area contributed by atoms with E-state index >= 15 is 0 Å². The summed E-state index contributed by atoms with van der Waals surface area (Å²) in [6, 6.07) is 15.8. The zero-order valence-corrected chi connectivity index (χ0v) is 18.4. The SMILES string of the molecule is O=C(C(CS(=O)(=O)c1ccccc1)N1CCOCC1)N1CCSc2ccccc2C1. The predicted octanol–water partition coefficient (Wildman–Crippen LogP) is 2.30. The summed E-state index contributed by atoms with van der Waals surface area (Å²) in [6.45, 7) is 3.24. The van der Waals surface area contributed by atoms with Crippen LogP contribution in [0.15, 0.2) is 64.4 Å². The number of amides is 1. The Bertz CT molecular complexity index is 976. The van der Waals surface area contributed by atoms with Gasteiger partial charge in [0.25, 0.3) is 0 Å². The van der Waals surface area contributed by atoms with Crippen molar-refractivity contribution in [1.82, 2.24) is 9.80 Å². The molecule has 1 saturated heterocycles. The van der Waals surface area contributed by atoms with E-state index in [4.69, 9.17) is 4.74 Å². The van der Waals surface area contributed by atoms with Crippen molar-refractivity contribution in [3.8, 4) is 0 Å². The predicted molar refractivity (Wildman–Crippen MR) is 117 cm³/mol. The Hall–Kier alpha value is -1.87. The van der Waals surface area contributed by atoms with Gasteiger partial charge in [0.1, 0.15) is 6.04 Å². The van der Waals surface area contributed by atoms with Gasteiger partial charge in [0.2, 0.25) is 5.91 Å². The lowest BCUT2D eigenvalue weighted by atomic mass is 10.1. The Morgan fingerprint density at radius 2 is 1.70 bits per heavy atom. The van der Waals surface area contributed by atoms with Crippen LogP contribution >= 0.6 is 11.8 Å². The highest BCUT2D eigenvalue weighted by molar-refractivity contribution is 7.99. The molecule has 2 aliphatic rings. The molecule has 0 bridgehead atoms. The van der Waals surface area contributed by atoms with Crippen LogP contribution in [0.5, 0.6) is 0 Å². The maximum Gasteiger partial charge on any atom is 0.241 e. The van der Waals surface area contributed by atoms with Crippen LogP contribution in [-0.2, 0) is 25.9 Å². The van der Waals surface area contributed by atoms with Crippen molar-refractivity contribution >= 4 is 27.5 Å². The maximum absolute atomic E-state index is 13.6. The first-order valence-corrected chi connectivity index (χ1v) is 12.8. The number of carbonyl (C=O) groups excluding carboxylic acids is 1. The van der Waals surface area contributed by atoms with E-state index in [-0.39, 0.29) is 16.6 Å². The molecule has 0 aromatic heterocycles. The highest BCUT2D eigenvalue weighted by atomic mass is 32.2. The Labute approximate surface area is 182 Å². The first-order chi connectivity index (χ1) is 14.5. The molecule has 1 amide bonds. The number of benzene rings is 2. The second-order valence-electron chi connectivity index (χ2n) is 7.47. The van der Waals surface area contributed by atoms with Crippen LogP contribution in [0.3, 0.4) is 0 Å². The van der Waals surface area contributed by atoms with E-state index in [0.717, 1.165) is 11.3 Å². The average Bonchev–Trinajstić information content (AvgIpc) is 3.01. The fraction of sp³-hybridized carbons (Fsp3) is 0.409. The molecule has 0 N–H and O–H groups in total. The van der Waals surface area contributed by atoms with E-state index < -0.39 is 15.9 Å². The number of carbonyl (C=O) groups is 1. The molecular weight excluding hydrogens is 420 g/mol. The van der Waals surface area contributed by atoms with Crippen molar-refractivity contribution in [1.29, 1.82) is 0 Å². The van der Waals surface area contributed by atoms with E-state index in [1.165, 1.54) is 4.90 Å². The van der Waals surface area contributed by atoms with E-state index in [9.17, 15) is 13.2 Å². The van der Waals surface area contributed by atoms with E-state index in [1.807, 2.05) is 28.0 Å². The fourth-order valence-electron chi connectivity index (χ4n) is 3.88. The smallest absolute Gasteiger partial charge is 0.241 e. The quantitative estimate of drug-likeness (QED) is 0.702. The summed E-state index contributed by atoms with van der Waals surface area (Å²) in [6.07, 6.45) is 0. The largest absolute Gasteiger partial charge is 0.379 e. The molecule has 160 valence electrons. The summed E-state index contributed by atoms with van der Waals surface area (Å²) in [4.78, 5) is 18.9. The minimum Gasteiger partial charge on any atom is -0.379 e. The number of hydrogen-bond donors (Lipinski definition) is 0. The number of sulfone groups is 1. The molecule has 2 aromatic carbocycles. The molecule has 4 rings (SSSR count). The molecule has 0 saturated carbocycles. The zero-order valence-electron chi connectivity index (χ0n) is 16.8. The van der Waals surface area contributed by atoms with Crippen LogP contribution in [0.25, 0.3) is 0 Å². The molecule has 8 heteroatoms. The van der Waals surface area contributed by atoms with Crippen LogP contribution in [-0.4, -0.2) is 74.5 Å². The van der Waals surface area contributed by atoms with Crippen molar-refractivity contribution in [3.63, 3.8) is 0 Å². The summed E-state index contributed by atoms with van der Waals surface area (Å²) in [5.41, 5.74) is 1.11. The number of morpholine rings is 1. The number of ether oxygens (including phenoxy) is 1. The lowest BCUT2D eigenvalue weighted by Gasteiger charge is -2.36. The number of nitrogens with zero attached hydrogens (tertiary/aromatic N) is 2. The average molecular weight is 447 g/mol. The second kappa shape index (κ2) is 9.51. The van der Waals surface area contributed by atoms with Crippen molar-refractivity contribution in [2.45, 2.75) is 22.4 Å². The van der Waals surface area contributed by atoms with Crippen LogP contribution in [0.1, 0.15) is 5.56 Å². The van der Waals surface area contributed by atoms with Gasteiger partial charge in [-0.15, -0.1) is 11.8 Å². The molecule has 1 fully saturated rings. The molecule has 2 aliphatic heterocycles. The third-order valence-corrected chi connectivity index (χ3v) is 8.36. The van der Waals surface area contributed by atoms with Gasteiger partial charge in [-0.2, -0.15) is 0 Å². The van der Waals surface area contributed by atoms with Crippen LogP contribution in [0.4, 0.5) is 0 Å². The molecular formula is C22H26N2O4S2. The van der Waals surface area contributed by atoms with Gasteiger partial charge in [0, 0.05) is 36.8 Å². The van der Waals surface area contributed by atoms with Gasteiger partial charge >= 0.3 is 0 Å². The number of rotatable bonds is 5. The third kappa shape index (κ3) is 4.88.